The Morgan fingerprint density at radius 3 is 2.93 bits per heavy atom. The maximum Gasteiger partial charge on any atom is 0.325 e. The largest absolute Gasteiger partial charge is 0.480 e. The minimum atomic E-state index is -0.798. The number of carboxylic acids is 1. The van der Waals surface area contributed by atoms with E-state index in [2.05, 4.69) is 5.32 Å². The molecule has 2 atom stereocenters. The van der Waals surface area contributed by atoms with Gasteiger partial charge in [0.1, 0.15) is 6.04 Å². The molecule has 2 unspecified atom stereocenters. The maximum atomic E-state index is 11.1. The van der Waals surface area contributed by atoms with E-state index in [4.69, 9.17) is 5.11 Å². The normalized spacial score (nSPS) is 24.7. The fraction of sp³-hybridized carbons (Fsp3) is 0.417. The maximum absolute atomic E-state index is 11.1. The molecular formula is C12H15NO2. The van der Waals surface area contributed by atoms with Crippen LogP contribution < -0.4 is 5.32 Å². The van der Waals surface area contributed by atoms with Crippen molar-refractivity contribution in [3.05, 3.63) is 34.9 Å². The van der Waals surface area contributed by atoms with E-state index < -0.39 is 12.0 Å². The van der Waals surface area contributed by atoms with E-state index in [1.165, 1.54) is 0 Å². The predicted molar refractivity (Wildman–Crippen MR) is 57.9 cm³/mol. The van der Waals surface area contributed by atoms with E-state index in [0.717, 1.165) is 23.1 Å². The Morgan fingerprint density at radius 1 is 1.53 bits per heavy atom. The van der Waals surface area contributed by atoms with Gasteiger partial charge in [0.05, 0.1) is 0 Å². The van der Waals surface area contributed by atoms with Gasteiger partial charge in [0.2, 0.25) is 0 Å². The van der Waals surface area contributed by atoms with Gasteiger partial charge in [-0.2, -0.15) is 0 Å². The molecule has 0 aromatic heterocycles. The average molecular weight is 205 g/mol. The van der Waals surface area contributed by atoms with E-state index in [-0.39, 0.29) is 6.04 Å². The second-order valence-electron chi connectivity index (χ2n) is 4.25. The number of hydrogen-bond donors (Lipinski definition) is 2. The second-order valence-corrected chi connectivity index (χ2v) is 4.25. The second kappa shape index (κ2) is 3.66. The first kappa shape index (κ1) is 10.2. The monoisotopic (exact) mass is 205 g/mol. The third-order valence-electron chi connectivity index (χ3n) is 2.84. The van der Waals surface area contributed by atoms with Crippen LogP contribution in [0.25, 0.3) is 0 Å². The molecule has 15 heavy (non-hydrogen) atoms. The Kier molecular flexibility index (Phi) is 2.49. The van der Waals surface area contributed by atoms with Crippen LogP contribution in [0, 0.1) is 6.92 Å². The molecule has 1 aliphatic rings. The molecule has 0 aliphatic carbocycles. The molecule has 2 N–H and O–H groups in total. The predicted octanol–water partition coefficient (Wildman–Crippen LogP) is 1.65. The van der Waals surface area contributed by atoms with Crippen molar-refractivity contribution in [3.63, 3.8) is 0 Å². The summed E-state index contributed by atoms with van der Waals surface area (Å²) in [6.45, 7) is 4.00. The lowest BCUT2D eigenvalue weighted by Crippen LogP contribution is -2.41. The van der Waals surface area contributed by atoms with Crippen molar-refractivity contribution in [2.45, 2.75) is 32.4 Å². The third kappa shape index (κ3) is 1.88. The Bertz CT molecular complexity index is 401. The summed E-state index contributed by atoms with van der Waals surface area (Å²) in [7, 11) is 0. The van der Waals surface area contributed by atoms with E-state index in [1.54, 1.807) is 0 Å². The lowest BCUT2D eigenvalue weighted by Gasteiger charge is -2.29. The van der Waals surface area contributed by atoms with Crippen LogP contribution in [-0.4, -0.2) is 17.1 Å². The summed E-state index contributed by atoms with van der Waals surface area (Å²) in [4.78, 5) is 11.1. The number of aryl methyl sites for hydroxylation is 1. The molecule has 3 heteroatoms. The highest BCUT2D eigenvalue weighted by Gasteiger charge is 2.28. The zero-order valence-corrected chi connectivity index (χ0v) is 8.95. The van der Waals surface area contributed by atoms with Crippen LogP contribution in [0.15, 0.2) is 18.2 Å². The molecule has 0 spiro atoms. The molecule has 2 rings (SSSR count). The third-order valence-corrected chi connectivity index (χ3v) is 2.84. The summed E-state index contributed by atoms with van der Waals surface area (Å²) < 4.78 is 0. The number of aliphatic carboxylic acids is 1. The number of hydrogen-bond acceptors (Lipinski definition) is 2. The number of nitrogens with one attached hydrogen (secondary N) is 1. The van der Waals surface area contributed by atoms with Gasteiger partial charge in [0.25, 0.3) is 0 Å². The number of rotatable bonds is 1. The summed E-state index contributed by atoms with van der Waals surface area (Å²) in [5.74, 6) is -0.798. The zero-order chi connectivity index (χ0) is 11.0. The topological polar surface area (TPSA) is 49.3 Å². The first-order valence-corrected chi connectivity index (χ1v) is 5.16. The molecule has 0 saturated carbocycles. The van der Waals surface area contributed by atoms with Crippen molar-refractivity contribution in [2.24, 2.45) is 0 Å². The summed E-state index contributed by atoms with van der Waals surface area (Å²) in [6, 6.07) is 5.71. The van der Waals surface area contributed by atoms with Crippen molar-refractivity contribution in [2.75, 3.05) is 0 Å². The van der Waals surface area contributed by atoms with Gasteiger partial charge < -0.3 is 5.11 Å². The van der Waals surface area contributed by atoms with E-state index in [1.807, 2.05) is 32.0 Å². The zero-order valence-electron chi connectivity index (χ0n) is 8.95. The molecule has 1 aliphatic heterocycles. The number of carboxylic acid groups (broad SMARTS) is 1. The minimum Gasteiger partial charge on any atom is -0.480 e. The molecule has 0 amide bonds. The fourth-order valence-electron chi connectivity index (χ4n) is 2.14. The Balaban J connectivity index is 2.47. The van der Waals surface area contributed by atoms with Crippen molar-refractivity contribution < 1.29 is 9.90 Å². The molecule has 3 nitrogen and oxygen atoms in total. The van der Waals surface area contributed by atoms with Crippen LogP contribution >= 0.6 is 0 Å². The van der Waals surface area contributed by atoms with Crippen LogP contribution in [0.1, 0.15) is 29.7 Å². The molecule has 0 radical (unpaired) electrons. The van der Waals surface area contributed by atoms with Gasteiger partial charge in [0, 0.05) is 6.04 Å². The quantitative estimate of drug-likeness (QED) is 0.733. The summed E-state index contributed by atoms with van der Waals surface area (Å²) >= 11 is 0. The van der Waals surface area contributed by atoms with Crippen LogP contribution in [0.2, 0.25) is 0 Å². The van der Waals surface area contributed by atoms with E-state index >= 15 is 0 Å². The van der Waals surface area contributed by atoms with Crippen molar-refractivity contribution in [1.82, 2.24) is 5.32 Å². The molecular weight excluding hydrogens is 190 g/mol. The lowest BCUT2D eigenvalue weighted by molar-refractivity contribution is -0.140. The SMILES string of the molecule is Cc1ccc2c(c1)C(C(=O)O)NC(C)C2. The van der Waals surface area contributed by atoms with Crippen molar-refractivity contribution in [1.29, 1.82) is 0 Å². The van der Waals surface area contributed by atoms with Gasteiger partial charge in [0.15, 0.2) is 0 Å². The first-order valence-electron chi connectivity index (χ1n) is 5.16. The Labute approximate surface area is 89.1 Å². The van der Waals surface area contributed by atoms with Gasteiger partial charge in [-0.1, -0.05) is 23.8 Å². The summed E-state index contributed by atoms with van der Waals surface area (Å²) in [5, 5.41) is 12.2. The van der Waals surface area contributed by atoms with E-state index in [9.17, 15) is 4.79 Å². The number of fused-ring (bicyclic) bond motifs is 1. The van der Waals surface area contributed by atoms with Gasteiger partial charge in [-0.05, 0) is 31.4 Å². The van der Waals surface area contributed by atoms with Crippen LogP contribution in [0.5, 0.6) is 0 Å². The van der Waals surface area contributed by atoms with Crippen molar-refractivity contribution >= 4 is 5.97 Å². The fourth-order valence-corrected chi connectivity index (χ4v) is 2.14. The number of benzene rings is 1. The Morgan fingerprint density at radius 2 is 2.27 bits per heavy atom. The molecule has 1 aromatic carbocycles. The van der Waals surface area contributed by atoms with Crippen LogP contribution in [0.3, 0.4) is 0 Å². The molecule has 80 valence electrons. The van der Waals surface area contributed by atoms with Crippen LogP contribution in [-0.2, 0) is 11.2 Å². The number of carbonyl (C=O) groups is 1. The highest BCUT2D eigenvalue weighted by atomic mass is 16.4. The first-order chi connectivity index (χ1) is 7.08. The molecule has 0 saturated heterocycles. The van der Waals surface area contributed by atoms with E-state index in [0.29, 0.717) is 0 Å². The highest BCUT2D eigenvalue weighted by molar-refractivity contribution is 5.76. The smallest absolute Gasteiger partial charge is 0.325 e. The van der Waals surface area contributed by atoms with Gasteiger partial charge >= 0.3 is 5.97 Å². The van der Waals surface area contributed by atoms with Gasteiger partial charge in [-0.25, -0.2) is 0 Å². The molecule has 0 bridgehead atoms. The summed E-state index contributed by atoms with van der Waals surface area (Å²) in [6.07, 6.45) is 0.902. The Hall–Kier alpha value is -1.35. The summed E-state index contributed by atoms with van der Waals surface area (Å²) in [5.41, 5.74) is 3.18. The molecule has 1 aromatic rings. The highest BCUT2D eigenvalue weighted by Crippen LogP contribution is 2.26. The standard InChI is InChI=1S/C12H15NO2/c1-7-3-4-9-6-8(2)13-11(12(14)15)10(9)5-7/h3-5,8,11,13H,6H2,1-2H3,(H,14,15). The van der Waals surface area contributed by atoms with Gasteiger partial charge in [-0.3, -0.25) is 10.1 Å². The minimum absolute atomic E-state index is 0.223. The molecule has 0 fully saturated rings. The van der Waals surface area contributed by atoms with Crippen molar-refractivity contribution in [3.8, 4) is 0 Å². The molecule has 1 heterocycles. The van der Waals surface area contributed by atoms with Crippen LogP contribution in [0.4, 0.5) is 0 Å². The average Bonchev–Trinajstić information content (AvgIpc) is 2.17. The lowest BCUT2D eigenvalue weighted by atomic mass is 9.89. The van der Waals surface area contributed by atoms with Gasteiger partial charge in [-0.15, -0.1) is 0 Å².